The molecule has 1 fully saturated rings. The monoisotopic (exact) mass is 317 g/mol. The maximum absolute atomic E-state index is 11.3. The molecule has 0 aromatic carbocycles. The van der Waals surface area contributed by atoms with Crippen LogP contribution in [0.15, 0.2) is 23.8 Å². The second-order valence-corrected chi connectivity index (χ2v) is 6.73. The van der Waals surface area contributed by atoms with Crippen molar-refractivity contribution in [3.63, 3.8) is 0 Å². The smallest absolute Gasteiger partial charge is 0.400 e. The number of nitrogens with two attached hydrogens (primary N) is 1. The Balaban J connectivity index is 2.30. The fraction of sp³-hybridized carbons (Fsp3) is 0.500. The van der Waals surface area contributed by atoms with Gasteiger partial charge in [-0.2, -0.15) is 0 Å². The lowest BCUT2D eigenvalue weighted by molar-refractivity contribution is -0.118. The molecule has 1 aliphatic rings. The lowest BCUT2D eigenvalue weighted by Crippen LogP contribution is -2.41. The molecular formula is C16H24BN3O3. The van der Waals surface area contributed by atoms with Crippen LogP contribution in [-0.4, -0.2) is 35.8 Å². The van der Waals surface area contributed by atoms with E-state index in [4.69, 9.17) is 15.0 Å². The molecule has 1 amide bonds. The van der Waals surface area contributed by atoms with Crippen LogP contribution < -0.4 is 11.1 Å². The van der Waals surface area contributed by atoms with Crippen LogP contribution in [0.4, 0.5) is 5.82 Å². The number of amides is 1. The first-order valence-corrected chi connectivity index (χ1v) is 7.63. The summed E-state index contributed by atoms with van der Waals surface area (Å²) in [4.78, 5) is 15.3. The van der Waals surface area contributed by atoms with Gasteiger partial charge in [0.2, 0.25) is 5.91 Å². The predicted octanol–water partition coefficient (Wildman–Crippen LogP) is 1.81. The number of hydrogen-bond acceptors (Lipinski definition) is 5. The number of carbonyl (C=O) groups is 1. The Bertz CT molecular complexity index is 613. The van der Waals surface area contributed by atoms with Crippen LogP contribution in [-0.2, 0) is 14.1 Å². The van der Waals surface area contributed by atoms with Crippen LogP contribution in [0.2, 0.25) is 0 Å². The zero-order chi connectivity index (χ0) is 17.3. The molecule has 0 unspecified atom stereocenters. The van der Waals surface area contributed by atoms with E-state index in [1.807, 2.05) is 39.8 Å². The summed E-state index contributed by atoms with van der Waals surface area (Å²) in [7, 11) is -0.527. The van der Waals surface area contributed by atoms with Crippen LogP contribution in [0.1, 0.15) is 40.2 Å². The molecule has 2 rings (SSSR count). The minimum absolute atomic E-state index is 0.110. The Kier molecular flexibility index (Phi) is 4.82. The first-order chi connectivity index (χ1) is 10.6. The molecule has 0 atom stereocenters. The van der Waals surface area contributed by atoms with E-state index in [9.17, 15) is 4.79 Å². The molecule has 1 saturated heterocycles. The minimum atomic E-state index is -0.527. The zero-order valence-electron chi connectivity index (χ0n) is 14.3. The first-order valence-electron chi connectivity index (χ1n) is 7.63. The molecule has 2 heterocycles. The van der Waals surface area contributed by atoms with Crippen LogP contribution in [0.5, 0.6) is 0 Å². The molecule has 1 aliphatic heterocycles. The van der Waals surface area contributed by atoms with Crippen molar-refractivity contribution in [3.05, 3.63) is 29.4 Å². The zero-order valence-corrected chi connectivity index (χ0v) is 14.3. The quantitative estimate of drug-likeness (QED) is 0.827. The van der Waals surface area contributed by atoms with Crippen LogP contribution >= 0.6 is 0 Å². The van der Waals surface area contributed by atoms with E-state index in [1.54, 1.807) is 12.3 Å². The van der Waals surface area contributed by atoms with Gasteiger partial charge in [-0.15, -0.1) is 0 Å². The van der Waals surface area contributed by atoms with E-state index in [0.717, 1.165) is 11.0 Å². The third-order valence-corrected chi connectivity index (χ3v) is 4.25. The number of rotatable bonds is 4. The van der Waals surface area contributed by atoms with E-state index >= 15 is 0 Å². The van der Waals surface area contributed by atoms with Crippen molar-refractivity contribution in [2.75, 3.05) is 12.3 Å². The highest BCUT2D eigenvalue weighted by Gasteiger charge is 2.52. The normalized spacial score (nSPS) is 19.7. The van der Waals surface area contributed by atoms with E-state index in [2.05, 4.69) is 10.3 Å². The number of hydrogen-bond donors (Lipinski definition) is 2. The Morgan fingerprint density at radius 3 is 2.48 bits per heavy atom. The van der Waals surface area contributed by atoms with Crippen molar-refractivity contribution >= 4 is 24.9 Å². The van der Waals surface area contributed by atoms with E-state index in [-0.39, 0.29) is 5.91 Å². The van der Waals surface area contributed by atoms with Gasteiger partial charge in [-0.25, -0.2) is 4.98 Å². The highest BCUT2D eigenvalue weighted by molar-refractivity contribution is 6.56. The lowest BCUT2D eigenvalue weighted by atomic mass is 9.77. The van der Waals surface area contributed by atoms with Gasteiger partial charge < -0.3 is 20.4 Å². The van der Waals surface area contributed by atoms with Crippen LogP contribution in [0, 0.1) is 0 Å². The van der Waals surface area contributed by atoms with Crippen molar-refractivity contribution in [2.24, 2.45) is 0 Å². The molecule has 6 nitrogen and oxygen atoms in total. The largest absolute Gasteiger partial charge is 0.492 e. The van der Waals surface area contributed by atoms with E-state index in [1.165, 1.54) is 6.92 Å². The molecule has 1 aromatic heterocycles. The van der Waals surface area contributed by atoms with Gasteiger partial charge in [0.1, 0.15) is 5.82 Å². The summed E-state index contributed by atoms with van der Waals surface area (Å²) in [5.41, 5.74) is 6.55. The fourth-order valence-corrected chi connectivity index (χ4v) is 2.19. The first kappa shape index (κ1) is 17.5. The van der Waals surface area contributed by atoms with Gasteiger partial charge in [-0.1, -0.05) is 6.08 Å². The van der Waals surface area contributed by atoms with Gasteiger partial charge >= 0.3 is 7.12 Å². The summed E-state index contributed by atoms with van der Waals surface area (Å²) in [6, 6.07) is 3.61. The Hall–Kier alpha value is -1.86. The number of nitrogens with zero attached hydrogens (tertiary/aromatic N) is 1. The van der Waals surface area contributed by atoms with Gasteiger partial charge in [0.25, 0.3) is 0 Å². The molecule has 124 valence electrons. The predicted molar refractivity (Wildman–Crippen MR) is 91.4 cm³/mol. The summed E-state index contributed by atoms with van der Waals surface area (Å²) in [6.07, 6.45) is 3.55. The highest BCUT2D eigenvalue weighted by atomic mass is 16.7. The van der Waals surface area contributed by atoms with Gasteiger partial charge in [-0.3, -0.25) is 4.79 Å². The Morgan fingerprint density at radius 2 is 1.96 bits per heavy atom. The van der Waals surface area contributed by atoms with Gasteiger partial charge in [0, 0.05) is 19.7 Å². The summed E-state index contributed by atoms with van der Waals surface area (Å²) >= 11 is 0. The SMILES string of the molecule is CC(=O)NCC(=Cc1ccnc(N)c1)B1OC(C)(C)C(C)(C)O1. The third kappa shape index (κ3) is 4.12. The van der Waals surface area contributed by atoms with Crippen LogP contribution in [0.25, 0.3) is 6.08 Å². The van der Waals surface area contributed by atoms with Gasteiger partial charge in [0.15, 0.2) is 0 Å². The molecule has 1 aromatic rings. The van der Waals surface area contributed by atoms with Crippen molar-refractivity contribution in [3.8, 4) is 0 Å². The molecule has 0 aliphatic carbocycles. The fourth-order valence-electron chi connectivity index (χ4n) is 2.19. The number of nitrogens with one attached hydrogen (secondary N) is 1. The van der Waals surface area contributed by atoms with E-state index < -0.39 is 18.3 Å². The number of aromatic nitrogens is 1. The minimum Gasteiger partial charge on any atom is -0.400 e. The molecule has 0 spiro atoms. The maximum atomic E-state index is 11.3. The average Bonchev–Trinajstić information content (AvgIpc) is 2.63. The van der Waals surface area contributed by atoms with Crippen molar-refractivity contribution in [2.45, 2.75) is 45.8 Å². The van der Waals surface area contributed by atoms with Gasteiger partial charge in [-0.05, 0) is 50.9 Å². The topological polar surface area (TPSA) is 86.5 Å². The second-order valence-electron chi connectivity index (χ2n) is 6.73. The van der Waals surface area contributed by atoms with Crippen molar-refractivity contribution in [1.82, 2.24) is 10.3 Å². The number of nitrogen functional groups attached to an aromatic ring is 1. The molecular weight excluding hydrogens is 293 g/mol. The summed E-state index contributed by atoms with van der Waals surface area (Å²) in [5.74, 6) is 0.327. The average molecular weight is 317 g/mol. The molecule has 7 heteroatoms. The summed E-state index contributed by atoms with van der Waals surface area (Å²) in [5, 5.41) is 2.80. The van der Waals surface area contributed by atoms with Crippen molar-refractivity contribution < 1.29 is 14.1 Å². The van der Waals surface area contributed by atoms with Gasteiger partial charge in [0.05, 0.1) is 11.2 Å². The molecule has 0 radical (unpaired) electrons. The summed E-state index contributed by atoms with van der Waals surface area (Å²) < 4.78 is 12.1. The van der Waals surface area contributed by atoms with Crippen LogP contribution in [0.3, 0.4) is 0 Å². The Morgan fingerprint density at radius 1 is 1.35 bits per heavy atom. The lowest BCUT2D eigenvalue weighted by Gasteiger charge is -2.32. The number of anilines is 1. The van der Waals surface area contributed by atoms with Crippen molar-refractivity contribution in [1.29, 1.82) is 0 Å². The highest BCUT2D eigenvalue weighted by Crippen LogP contribution is 2.38. The molecule has 3 N–H and O–H groups in total. The third-order valence-electron chi connectivity index (χ3n) is 4.25. The number of carbonyl (C=O) groups excluding carboxylic acids is 1. The second kappa shape index (κ2) is 6.33. The standard InChI is InChI=1S/C16H24BN3O3/c1-11(21)20-10-13(8-12-6-7-19-14(18)9-12)17-22-15(2,3)16(4,5)23-17/h6-9H,10H2,1-5H3,(H2,18,19)(H,20,21). The molecule has 23 heavy (non-hydrogen) atoms. The molecule has 0 bridgehead atoms. The molecule has 0 saturated carbocycles. The summed E-state index contributed by atoms with van der Waals surface area (Å²) in [6.45, 7) is 9.79. The number of pyridine rings is 1. The van der Waals surface area contributed by atoms with E-state index in [0.29, 0.717) is 12.4 Å². The maximum Gasteiger partial charge on any atom is 0.492 e. The Labute approximate surface area is 137 Å².